The summed E-state index contributed by atoms with van der Waals surface area (Å²) in [5.74, 6) is 0.962. The standard InChI is InChI=1S/C20H20ClN3O2/c1-13-11-19(23-24(13)12-15-7-4-5-9-17(15)21)22-20(25)16-8-6-10-18(26-3)14(16)2/h4-11H,12H2,1-3H3,(H,22,23,25). The Morgan fingerprint density at radius 3 is 2.69 bits per heavy atom. The first-order valence-electron chi connectivity index (χ1n) is 8.22. The van der Waals surface area contributed by atoms with E-state index in [1.54, 1.807) is 19.2 Å². The van der Waals surface area contributed by atoms with Gasteiger partial charge in [0.25, 0.3) is 5.91 Å². The van der Waals surface area contributed by atoms with E-state index in [0.29, 0.717) is 28.7 Å². The molecule has 0 saturated heterocycles. The van der Waals surface area contributed by atoms with Crippen LogP contribution in [0.25, 0.3) is 0 Å². The zero-order valence-corrected chi connectivity index (χ0v) is 15.7. The van der Waals surface area contributed by atoms with Crippen LogP contribution in [0.2, 0.25) is 5.02 Å². The minimum absolute atomic E-state index is 0.219. The summed E-state index contributed by atoms with van der Waals surface area (Å²) >= 11 is 6.22. The van der Waals surface area contributed by atoms with Crippen LogP contribution in [0.15, 0.2) is 48.5 Å². The Bertz CT molecular complexity index is 950. The van der Waals surface area contributed by atoms with Gasteiger partial charge in [0.15, 0.2) is 5.82 Å². The molecule has 6 heteroatoms. The van der Waals surface area contributed by atoms with Crippen LogP contribution in [0, 0.1) is 13.8 Å². The summed E-state index contributed by atoms with van der Waals surface area (Å²) in [5, 5.41) is 8.03. The predicted octanol–water partition coefficient (Wildman–Crippen LogP) is 4.46. The average Bonchev–Trinajstić information content (AvgIpc) is 2.96. The van der Waals surface area contributed by atoms with E-state index in [1.807, 2.05) is 54.9 Å². The number of carbonyl (C=O) groups is 1. The minimum atomic E-state index is -0.219. The number of aromatic nitrogens is 2. The number of methoxy groups -OCH3 is 1. The van der Waals surface area contributed by atoms with Gasteiger partial charge in [-0.3, -0.25) is 9.48 Å². The van der Waals surface area contributed by atoms with E-state index in [-0.39, 0.29) is 5.91 Å². The largest absolute Gasteiger partial charge is 0.496 e. The van der Waals surface area contributed by atoms with Crippen molar-refractivity contribution in [1.29, 1.82) is 0 Å². The van der Waals surface area contributed by atoms with Crippen LogP contribution in [0.1, 0.15) is 27.2 Å². The van der Waals surface area contributed by atoms with E-state index in [9.17, 15) is 4.79 Å². The van der Waals surface area contributed by atoms with Gasteiger partial charge in [-0.25, -0.2) is 0 Å². The Kier molecular flexibility index (Phi) is 5.28. The predicted molar refractivity (Wildman–Crippen MR) is 103 cm³/mol. The van der Waals surface area contributed by atoms with Gasteiger partial charge in [-0.05, 0) is 37.6 Å². The number of hydrogen-bond acceptors (Lipinski definition) is 3. The molecule has 26 heavy (non-hydrogen) atoms. The molecule has 5 nitrogen and oxygen atoms in total. The first-order chi connectivity index (χ1) is 12.5. The van der Waals surface area contributed by atoms with Crippen molar-refractivity contribution in [1.82, 2.24) is 9.78 Å². The monoisotopic (exact) mass is 369 g/mol. The fraction of sp³-hybridized carbons (Fsp3) is 0.200. The van der Waals surface area contributed by atoms with Crippen LogP contribution >= 0.6 is 11.6 Å². The second-order valence-electron chi connectivity index (χ2n) is 6.01. The molecule has 1 aromatic heterocycles. The number of nitrogens with one attached hydrogen (secondary N) is 1. The van der Waals surface area contributed by atoms with Crippen molar-refractivity contribution in [2.45, 2.75) is 20.4 Å². The second kappa shape index (κ2) is 7.62. The van der Waals surface area contributed by atoms with Gasteiger partial charge in [0.1, 0.15) is 5.75 Å². The fourth-order valence-electron chi connectivity index (χ4n) is 2.78. The maximum Gasteiger partial charge on any atom is 0.257 e. The number of aryl methyl sites for hydroxylation is 1. The number of anilines is 1. The molecule has 1 amide bonds. The molecule has 134 valence electrons. The molecule has 0 aliphatic carbocycles. The number of nitrogens with zero attached hydrogens (tertiary/aromatic N) is 2. The van der Waals surface area contributed by atoms with Crippen LogP contribution in [-0.2, 0) is 6.54 Å². The third-order valence-electron chi connectivity index (χ3n) is 4.25. The number of amides is 1. The molecule has 0 spiro atoms. The highest BCUT2D eigenvalue weighted by Crippen LogP contribution is 2.22. The number of benzene rings is 2. The zero-order chi connectivity index (χ0) is 18.7. The van der Waals surface area contributed by atoms with Crippen LogP contribution in [0.4, 0.5) is 5.82 Å². The van der Waals surface area contributed by atoms with Gasteiger partial charge in [-0.15, -0.1) is 0 Å². The Labute approximate surface area is 157 Å². The Morgan fingerprint density at radius 1 is 1.19 bits per heavy atom. The summed E-state index contributed by atoms with van der Waals surface area (Å²) < 4.78 is 7.09. The zero-order valence-electron chi connectivity index (χ0n) is 14.9. The molecule has 2 aromatic carbocycles. The second-order valence-corrected chi connectivity index (χ2v) is 6.41. The lowest BCUT2D eigenvalue weighted by molar-refractivity contribution is 0.102. The topological polar surface area (TPSA) is 56.1 Å². The van der Waals surface area contributed by atoms with Gasteiger partial charge in [0, 0.05) is 27.9 Å². The molecule has 0 bridgehead atoms. The molecule has 1 N–H and O–H groups in total. The molecule has 1 heterocycles. The van der Waals surface area contributed by atoms with E-state index in [4.69, 9.17) is 16.3 Å². The summed E-state index contributed by atoms with van der Waals surface area (Å²) in [6, 6.07) is 14.9. The highest BCUT2D eigenvalue weighted by molar-refractivity contribution is 6.31. The molecular formula is C20H20ClN3O2. The van der Waals surface area contributed by atoms with Gasteiger partial charge in [0.2, 0.25) is 0 Å². The third-order valence-corrected chi connectivity index (χ3v) is 4.62. The first-order valence-corrected chi connectivity index (χ1v) is 8.60. The van der Waals surface area contributed by atoms with E-state index >= 15 is 0 Å². The summed E-state index contributed by atoms with van der Waals surface area (Å²) in [7, 11) is 1.59. The molecule has 0 unspecified atom stereocenters. The average molecular weight is 370 g/mol. The quantitative estimate of drug-likeness (QED) is 0.722. The molecule has 0 radical (unpaired) electrons. The van der Waals surface area contributed by atoms with E-state index in [2.05, 4.69) is 10.4 Å². The van der Waals surface area contributed by atoms with E-state index in [0.717, 1.165) is 16.8 Å². The lowest BCUT2D eigenvalue weighted by atomic mass is 10.1. The Morgan fingerprint density at radius 2 is 1.96 bits per heavy atom. The van der Waals surface area contributed by atoms with Crippen LogP contribution in [0.5, 0.6) is 5.75 Å². The highest BCUT2D eigenvalue weighted by atomic mass is 35.5. The van der Waals surface area contributed by atoms with E-state index < -0.39 is 0 Å². The maximum atomic E-state index is 12.6. The van der Waals surface area contributed by atoms with Crippen molar-refractivity contribution in [3.8, 4) is 5.75 Å². The molecule has 3 aromatic rings. The van der Waals surface area contributed by atoms with Gasteiger partial charge in [0.05, 0.1) is 13.7 Å². The van der Waals surface area contributed by atoms with Crippen LogP contribution in [0.3, 0.4) is 0 Å². The number of halogens is 1. The van der Waals surface area contributed by atoms with Crippen molar-refractivity contribution >= 4 is 23.3 Å². The highest BCUT2D eigenvalue weighted by Gasteiger charge is 2.14. The number of hydrogen-bond donors (Lipinski definition) is 1. The SMILES string of the molecule is COc1cccc(C(=O)Nc2cc(C)n(Cc3ccccc3Cl)n2)c1C. The molecule has 0 fully saturated rings. The Balaban J connectivity index is 1.79. The van der Waals surface area contributed by atoms with Crippen molar-refractivity contribution in [2.24, 2.45) is 0 Å². The lowest BCUT2D eigenvalue weighted by Gasteiger charge is -2.09. The molecule has 0 saturated carbocycles. The van der Waals surface area contributed by atoms with E-state index in [1.165, 1.54) is 0 Å². The molecule has 0 aliphatic heterocycles. The number of ether oxygens (including phenoxy) is 1. The normalized spacial score (nSPS) is 10.6. The summed E-state index contributed by atoms with van der Waals surface area (Å²) in [6.45, 7) is 4.34. The lowest BCUT2D eigenvalue weighted by Crippen LogP contribution is -2.14. The fourth-order valence-corrected chi connectivity index (χ4v) is 2.98. The first kappa shape index (κ1) is 18.0. The number of rotatable bonds is 5. The molecule has 0 atom stereocenters. The van der Waals surface area contributed by atoms with Crippen LogP contribution < -0.4 is 10.1 Å². The third kappa shape index (κ3) is 3.73. The van der Waals surface area contributed by atoms with Crippen molar-refractivity contribution in [3.63, 3.8) is 0 Å². The van der Waals surface area contributed by atoms with Gasteiger partial charge in [-0.1, -0.05) is 35.9 Å². The van der Waals surface area contributed by atoms with Crippen molar-refractivity contribution in [2.75, 3.05) is 12.4 Å². The number of carbonyl (C=O) groups excluding carboxylic acids is 1. The summed E-state index contributed by atoms with van der Waals surface area (Å²) in [4.78, 5) is 12.6. The van der Waals surface area contributed by atoms with Crippen molar-refractivity contribution < 1.29 is 9.53 Å². The van der Waals surface area contributed by atoms with Crippen molar-refractivity contribution in [3.05, 3.63) is 75.9 Å². The van der Waals surface area contributed by atoms with Crippen LogP contribution in [-0.4, -0.2) is 22.8 Å². The smallest absolute Gasteiger partial charge is 0.257 e. The molecule has 0 aliphatic rings. The van der Waals surface area contributed by atoms with Gasteiger partial charge < -0.3 is 10.1 Å². The minimum Gasteiger partial charge on any atom is -0.496 e. The summed E-state index contributed by atoms with van der Waals surface area (Å²) in [5.41, 5.74) is 3.26. The summed E-state index contributed by atoms with van der Waals surface area (Å²) in [6.07, 6.45) is 0. The molecular weight excluding hydrogens is 350 g/mol. The maximum absolute atomic E-state index is 12.6. The Hall–Kier alpha value is -2.79. The molecule has 3 rings (SSSR count). The van der Waals surface area contributed by atoms with Gasteiger partial charge in [-0.2, -0.15) is 5.10 Å². The van der Waals surface area contributed by atoms with Gasteiger partial charge >= 0.3 is 0 Å².